The van der Waals surface area contributed by atoms with E-state index in [0.29, 0.717) is 28.6 Å². The van der Waals surface area contributed by atoms with Gasteiger partial charge in [0.15, 0.2) is 0 Å². The van der Waals surface area contributed by atoms with E-state index in [1.807, 2.05) is 18.2 Å². The van der Waals surface area contributed by atoms with Crippen molar-refractivity contribution >= 4 is 26.7 Å². The molecule has 0 radical (unpaired) electrons. The predicted octanol–water partition coefficient (Wildman–Crippen LogP) is 4.14. The van der Waals surface area contributed by atoms with Crippen LogP contribution in [0.1, 0.15) is 32.3 Å². The fourth-order valence-electron chi connectivity index (χ4n) is 3.45. The molecule has 0 bridgehead atoms. The Labute approximate surface area is 176 Å². The van der Waals surface area contributed by atoms with Crippen LogP contribution in [0.25, 0.3) is 22.3 Å². The van der Waals surface area contributed by atoms with Crippen molar-refractivity contribution in [3.8, 4) is 23.2 Å². The largest absolute Gasteiger partial charge is 0.481 e. The highest BCUT2D eigenvalue weighted by atomic mass is 32.2. The molecule has 1 aliphatic rings. The summed E-state index contributed by atoms with van der Waals surface area (Å²) in [5.74, 6) is 1.07. The molecule has 0 amide bonds. The monoisotopic (exact) mass is 424 g/mol. The molecule has 0 saturated heterocycles. The van der Waals surface area contributed by atoms with E-state index < -0.39 is 15.3 Å². The lowest BCUT2D eigenvalue weighted by atomic mass is 10.1. The Balaban J connectivity index is 1.82. The molecular formula is C22H24N4O3S. The number of hydrogen-bond donors (Lipinski definition) is 1. The second-order valence-electron chi connectivity index (χ2n) is 7.88. The minimum Gasteiger partial charge on any atom is -0.481 e. The summed E-state index contributed by atoms with van der Waals surface area (Å²) in [7, 11) is -1.86. The third kappa shape index (κ3) is 3.73. The Hall–Kier alpha value is -3.05. The van der Waals surface area contributed by atoms with Crippen molar-refractivity contribution in [3.05, 3.63) is 42.0 Å². The van der Waals surface area contributed by atoms with Gasteiger partial charge in [0.25, 0.3) is 0 Å². The van der Waals surface area contributed by atoms with Crippen molar-refractivity contribution < 1.29 is 13.2 Å². The maximum Gasteiger partial charge on any atom is 0.235 e. The summed E-state index contributed by atoms with van der Waals surface area (Å²) in [6.45, 7) is 4.09. The summed E-state index contributed by atoms with van der Waals surface area (Å²) in [5, 5.41) is 9.41. The summed E-state index contributed by atoms with van der Waals surface area (Å²) in [4.78, 5) is 4.53. The zero-order chi connectivity index (χ0) is 21.5. The molecule has 8 heteroatoms. The van der Waals surface area contributed by atoms with E-state index in [0.717, 1.165) is 23.3 Å². The summed E-state index contributed by atoms with van der Waals surface area (Å²) in [6, 6.07) is 13.2. The van der Waals surface area contributed by atoms with Gasteiger partial charge in [-0.25, -0.2) is 13.4 Å². The third-order valence-corrected chi connectivity index (χ3v) is 7.14. The lowest BCUT2D eigenvalue weighted by Gasteiger charge is -2.13. The van der Waals surface area contributed by atoms with Crippen molar-refractivity contribution in [2.24, 2.45) is 5.92 Å². The standard InChI is InChI=1S/C22H24N4O3S/c1-14(2)30(27,28)25-17-8-6-16(7-9-17)22-18(12-23)21-19(10-11-20(24-21)29-3)26(22)13-15-4-5-15/h6-11,14-15,25H,4-5,13H2,1-3H3. The van der Waals surface area contributed by atoms with Gasteiger partial charge in [0.1, 0.15) is 17.1 Å². The molecule has 0 spiro atoms. The molecule has 0 atom stereocenters. The van der Waals surface area contributed by atoms with E-state index in [4.69, 9.17) is 4.74 Å². The molecule has 1 N–H and O–H groups in total. The van der Waals surface area contributed by atoms with E-state index in [1.54, 1.807) is 39.2 Å². The van der Waals surface area contributed by atoms with Crippen LogP contribution in [0.3, 0.4) is 0 Å². The zero-order valence-corrected chi connectivity index (χ0v) is 18.0. The molecule has 1 aromatic carbocycles. The summed E-state index contributed by atoms with van der Waals surface area (Å²) in [6.07, 6.45) is 2.36. The lowest BCUT2D eigenvalue weighted by Crippen LogP contribution is -2.22. The van der Waals surface area contributed by atoms with Gasteiger partial charge in [-0.2, -0.15) is 5.26 Å². The summed E-state index contributed by atoms with van der Waals surface area (Å²) >= 11 is 0. The number of benzene rings is 1. The van der Waals surface area contributed by atoms with Crippen LogP contribution in [0.5, 0.6) is 5.88 Å². The number of rotatable bonds is 7. The number of aromatic nitrogens is 2. The molecule has 1 saturated carbocycles. The Kier molecular flexibility index (Phi) is 5.16. The first-order valence-corrected chi connectivity index (χ1v) is 11.5. The second kappa shape index (κ2) is 7.65. The number of anilines is 1. The van der Waals surface area contributed by atoms with Crippen LogP contribution in [0.2, 0.25) is 0 Å². The number of pyridine rings is 1. The van der Waals surface area contributed by atoms with Gasteiger partial charge in [0.05, 0.1) is 23.6 Å². The first-order valence-electron chi connectivity index (χ1n) is 9.93. The number of nitrogens with zero attached hydrogens (tertiary/aromatic N) is 3. The van der Waals surface area contributed by atoms with Crippen LogP contribution in [0.4, 0.5) is 5.69 Å². The Morgan fingerprint density at radius 1 is 1.23 bits per heavy atom. The zero-order valence-electron chi connectivity index (χ0n) is 17.2. The fourth-order valence-corrected chi connectivity index (χ4v) is 4.15. The molecule has 3 aromatic rings. The SMILES string of the molecule is COc1ccc2c(n1)c(C#N)c(-c1ccc(NS(=O)(=O)C(C)C)cc1)n2CC1CC1. The number of ether oxygens (including phenoxy) is 1. The highest BCUT2D eigenvalue weighted by Crippen LogP contribution is 2.38. The van der Waals surface area contributed by atoms with Crippen LogP contribution in [0, 0.1) is 17.2 Å². The molecule has 1 aliphatic carbocycles. The van der Waals surface area contributed by atoms with Crippen molar-refractivity contribution in [3.63, 3.8) is 0 Å². The summed E-state index contributed by atoms with van der Waals surface area (Å²) in [5.41, 5.74) is 4.17. The van der Waals surface area contributed by atoms with Crippen LogP contribution in [0.15, 0.2) is 36.4 Å². The quantitative estimate of drug-likeness (QED) is 0.615. The average molecular weight is 425 g/mol. The Morgan fingerprint density at radius 3 is 2.50 bits per heavy atom. The molecule has 30 heavy (non-hydrogen) atoms. The first-order chi connectivity index (χ1) is 14.3. The normalized spacial score (nSPS) is 14.1. The van der Waals surface area contributed by atoms with E-state index in [2.05, 4.69) is 20.3 Å². The molecule has 7 nitrogen and oxygen atoms in total. The average Bonchev–Trinajstić information content (AvgIpc) is 3.49. The molecule has 2 heterocycles. The van der Waals surface area contributed by atoms with Gasteiger partial charge in [-0.1, -0.05) is 12.1 Å². The van der Waals surface area contributed by atoms with E-state index >= 15 is 0 Å². The third-order valence-electron chi connectivity index (χ3n) is 5.38. The molecule has 0 aliphatic heterocycles. The number of hydrogen-bond acceptors (Lipinski definition) is 5. The smallest absolute Gasteiger partial charge is 0.235 e. The molecular weight excluding hydrogens is 400 g/mol. The predicted molar refractivity (Wildman–Crippen MR) is 117 cm³/mol. The number of nitriles is 1. The molecule has 0 unspecified atom stereocenters. The molecule has 4 rings (SSSR count). The molecule has 156 valence electrons. The Morgan fingerprint density at radius 2 is 1.93 bits per heavy atom. The molecule has 2 aromatic heterocycles. The fraction of sp³-hybridized carbons (Fsp3) is 0.364. The van der Waals surface area contributed by atoms with Gasteiger partial charge >= 0.3 is 0 Å². The van der Waals surface area contributed by atoms with Gasteiger partial charge < -0.3 is 9.30 Å². The maximum absolute atomic E-state index is 12.1. The van der Waals surface area contributed by atoms with Gasteiger partial charge in [-0.3, -0.25) is 4.72 Å². The van der Waals surface area contributed by atoms with Crippen LogP contribution < -0.4 is 9.46 Å². The second-order valence-corrected chi connectivity index (χ2v) is 10.1. The first kappa shape index (κ1) is 20.2. The highest BCUT2D eigenvalue weighted by molar-refractivity contribution is 7.93. The molecule has 1 fully saturated rings. The van der Waals surface area contributed by atoms with Crippen LogP contribution >= 0.6 is 0 Å². The lowest BCUT2D eigenvalue weighted by molar-refractivity contribution is 0.399. The number of nitrogens with one attached hydrogen (secondary N) is 1. The minimum absolute atomic E-state index is 0.465. The Bertz CT molecular complexity index is 1230. The van der Waals surface area contributed by atoms with Crippen molar-refractivity contribution in [1.29, 1.82) is 5.26 Å². The van der Waals surface area contributed by atoms with Gasteiger partial charge in [-0.05, 0) is 56.4 Å². The number of sulfonamides is 1. The highest BCUT2D eigenvalue weighted by Gasteiger charge is 2.27. The van der Waals surface area contributed by atoms with E-state index in [9.17, 15) is 13.7 Å². The van der Waals surface area contributed by atoms with E-state index in [1.165, 1.54) is 12.8 Å². The number of fused-ring (bicyclic) bond motifs is 1. The van der Waals surface area contributed by atoms with Crippen molar-refractivity contribution in [1.82, 2.24) is 9.55 Å². The van der Waals surface area contributed by atoms with Crippen molar-refractivity contribution in [2.75, 3.05) is 11.8 Å². The van der Waals surface area contributed by atoms with Gasteiger partial charge in [0.2, 0.25) is 15.9 Å². The maximum atomic E-state index is 12.1. The van der Waals surface area contributed by atoms with Crippen molar-refractivity contribution in [2.45, 2.75) is 38.5 Å². The number of methoxy groups -OCH3 is 1. The van der Waals surface area contributed by atoms with Gasteiger partial charge in [-0.15, -0.1) is 0 Å². The van der Waals surface area contributed by atoms with Crippen LogP contribution in [-0.2, 0) is 16.6 Å². The minimum atomic E-state index is -3.42. The van der Waals surface area contributed by atoms with E-state index in [-0.39, 0.29) is 0 Å². The van der Waals surface area contributed by atoms with Gasteiger partial charge in [0, 0.05) is 18.3 Å². The summed E-state index contributed by atoms with van der Waals surface area (Å²) < 4.78 is 34.3. The topological polar surface area (TPSA) is 97.0 Å². The van der Waals surface area contributed by atoms with Crippen LogP contribution in [-0.4, -0.2) is 30.3 Å².